The molecular weight excluding hydrogens is 458 g/mol. The molecule has 34 heavy (non-hydrogen) atoms. The minimum atomic E-state index is -0.369. The number of hydrogen-bond acceptors (Lipinski definition) is 5. The molecule has 4 aliphatic rings. The van der Waals surface area contributed by atoms with Crippen LogP contribution in [0.1, 0.15) is 104 Å². The summed E-state index contributed by atoms with van der Waals surface area (Å²) in [5.41, 5.74) is 0.267. The summed E-state index contributed by atoms with van der Waals surface area (Å²) in [7, 11) is 0. The lowest BCUT2D eigenvalue weighted by atomic mass is 9.71. The third-order valence-corrected chi connectivity index (χ3v) is 12.2. The SMILES string of the molecule is CCCC1CCC(C2CSC(=C(C#N)C(=O)OC3CCC(C4CCC(C)CC4)CC3)SC2)CC1. The highest BCUT2D eigenvalue weighted by Crippen LogP contribution is 2.46. The molecule has 0 radical (unpaired) electrons. The van der Waals surface area contributed by atoms with E-state index in [0.717, 1.165) is 64.1 Å². The van der Waals surface area contributed by atoms with Crippen molar-refractivity contribution >= 4 is 29.5 Å². The Hall–Kier alpha value is -0.600. The van der Waals surface area contributed by atoms with E-state index in [-0.39, 0.29) is 17.6 Å². The predicted molar refractivity (Wildman–Crippen MR) is 144 cm³/mol. The van der Waals surface area contributed by atoms with E-state index in [1.54, 1.807) is 23.5 Å². The third-order valence-electron chi connectivity index (χ3n) is 9.35. The van der Waals surface area contributed by atoms with E-state index >= 15 is 0 Å². The first-order valence-corrected chi connectivity index (χ1v) is 16.1. The van der Waals surface area contributed by atoms with Crippen molar-refractivity contribution in [1.82, 2.24) is 0 Å². The lowest BCUT2D eigenvalue weighted by Gasteiger charge is -2.37. The number of nitriles is 1. The van der Waals surface area contributed by atoms with Gasteiger partial charge in [0.25, 0.3) is 0 Å². The van der Waals surface area contributed by atoms with Crippen LogP contribution >= 0.6 is 23.5 Å². The van der Waals surface area contributed by atoms with E-state index in [0.29, 0.717) is 0 Å². The molecule has 4 rings (SSSR count). The van der Waals surface area contributed by atoms with E-state index in [2.05, 4.69) is 19.9 Å². The zero-order chi connectivity index (χ0) is 23.9. The minimum Gasteiger partial charge on any atom is -0.458 e. The van der Waals surface area contributed by atoms with Gasteiger partial charge in [-0.1, -0.05) is 52.4 Å². The molecule has 0 amide bonds. The van der Waals surface area contributed by atoms with E-state index in [4.69, 9.17) is 4.74 Å². The van der Waals surface area contributed by atoms with Gasteiger partial charge in [-0.25, -0.2) is 4.79 Å². The average molecular weight is 504 g/mol. The lowest BCUT2D eigenvalue weighted by Crippen LogP contribution is -2.30. The summed E-state index contributed by atoms with van der Waals surface area (Å²) < 4.78 is 6.79. The van der Waals surface area contributed by atoms with Crippen molar-refractivity contribution in [1.29, 1.82) is 5.26 Å². The van der Waals surface area contributed by atoms with Gasteiger partial charge in [-0.15, -0.1) is 23.5 Å². The molecule has 0 aromatic carbocycles. The van der Waals surface area contributed by atoms with E-state index in [1.165, 1.54) is 77.0 Å². The molecule has 4 fully saturated rings. The van der Waals surface area contributed by atoms with Crippen molar-refractivity contribution < 1.29 is 9.53 Å². The zero-order valence-corrected chi connectivity index (χ0v) is 23.1. The molecule has 3 aliphatic carbocycles. The molecule has 0 spiro atoms. The Kier molecular flexibility index (Phi) is 10.2. The molecule has 5 heteroatoms. The van der Waals surface area contributed by atoms with E-state index in [9.17, 15) is 10.1 Å². The molecule has 0 aromatic heterocycles. The van der Waals surface area contributed by atoms with Gasteiger partial charge in [-0.2, -0.15) is 5.26 Å². The van der Waals surface area contributed by atoms with Gasteiger partial charge >= 0.3 is 5.97 Å². The second-order valence-corrected chi connectivity index (χ2v) is 14.0. The van der Waals surface area contributed by atoms with Crippen LogP contribution in [0.2, 0.25) is 0 Å². The van der Waals surface area contributed by atoms with Gasteiger partial charge in [0.1, 0.15) is 12.2 Å². The molecule has 3 nitrogen and oxygen atoms in total. The monoisotopic (exact) mass is 503 g/mol. The predicted octanol–water partition coefficient (Wildman–Crippen LogP) is 8.35. The normalized spacial score (nSPS) is 37.0. The Morgan fingerprint density at radius 2 is 1.38 bits per heavy atom. The van der Waals surface area contributed by atoms with Crippen molar-refractivity contribution in [2.24, 2.45) is 35.5 Å². The number of hydrogen-bond donors (Lipinski definition) is 0. The largest absolute Gasteiger partial charge is 0.458 e. The molecule has 0 aromatic rings. The first-order chi connectivity index (χ1) is 16.6. The highest BCUT2D eigenvalue weighted by Gasteiger charge is 2.34. The number of esters is 1. The zero-order valence-electron chi connectivity index (χ0n) is 21.4. The number of carbonyl (C=O) groups excluding carboxylic acids is 1. The molecule has 1 aliphatic heterocycles. The Bertz CT molecular complexity index is 726. The van der Waals surface area contributed by atoms with Crippen molar-refractivity contribution in [2.45, 2.75) is 110 Å². The summed E-state index contributed by atoms with van der Waals surface area (Å²) >= 11 is 3.48. The van der Waals surface area contributed by atoms with Crippen LogP contribution in [0, 0.1) is 46.8 Å². The second kappa shape index (κ2) is 13.1. The van der Waals surface area contributed by atoms with Gasteiger partial charge < -0.3 is 4.74 Å². The molecule has 190 valence electrons. The first-order valence-electron chi connectivity index (χ1n) is 14.2. The number of carbonyl (C=O) groups is 1. The lowest BCUT2D eigenvalue weighted by molar-refractivity contribution is -0.145. The third kappa shape index (κ3) is 7.00. The standard InChI is InChI=1S/C29H45NO2S2/c1-3-4-21-7-11-24(12-8-21)25-18-33-29(34-19-25)27(17-30)28(31)32-26-15-13-23(14-16-26)22-9-5-20(2)6-10-22/h20-26H,3-16,18-19H2,1-2H3. The van der Waals surface area contributed by atoms with Gasteiger partial charge in [0.15, 0.2) is 5.57 Å². The van der Waals surface area contributed by atoms with Gasteiger partial charge in [0.2, 0.25) is 0 Å². The number of rotatable bonds is 6. The van der Waals surface area contributed by atoms with Crippen LogP contribution in [0.25, 0.3) is 0 Å². The fraction of sp³-hybridized carbons (Fsp3) is 0.862. The molecule has 0 unspecified atom stereocenters. The quantitative estimate of drug-likeness (QED) is 0.207. The molecule has 3 saturated carbocycles. The summed E-state index contributed by atoms with van der Waals surface area (Å²) in [4.78, 5) is 12.9. The Morgan fingerprint density at radius 1 is 0.853 bits per heavy atom. The maximum atomic E-state index is 12.9. The van der Waals surface area contributed by atoms with Gasteiger partial charge in [-0.05, 0) is 86.9 Å². The summed E-state index contributed by atoms with van der Waals surface area (Å²) in [5, 5.41) is 9.77. The Balaban J connectivity index is 1.22. The van der Waals surface area contributed by atoms with Crippen molar-refractivity contribution in [2.75, 3.05) is 11.5 Å². The maximum Gasteiger partial charge on any atom is 0.350 e. The topological polar surface area (TPSA) is 50.1 Å². The van der Waals surface area contributed by atoms with E-state index < -0.39 is 0 Å². The number of nitrogens with zero attached hydrogens (tertiary/aromatic N) is 1. The summed E-state index contributed by atoms with van der Waals surface area (Å²) in [5.74, 6) is 6.82. The fourth-order valence-corrected chi connectivity index (χ4v) is 10.00. The molecule has 0 bridgehead atoms. The van der Waals surface area contributed by atoms with Crippen LogP contribution in [0.15, 0.2) is 9.81 Å². The first kappa shape index (κ1) is 26.5. The van der Waals surface area contributed by atoms with Crippen LogP contribution in [0.3, 0.4) is 0 Å². The van der Waals surface area contributed by atoms with Crippen LogP contribution in [0.5, 0.6) is 0 Å². The summed E-state index contributed by atoms with van der Waals surface area (Å²) in [6.07, 6.45) is 18.1. The minimum absolute atomic E-state index is 0.000131. The maximum absolute atomic E-state index is 12.9. The summed E-state index contributed by atoms with van der Waals surface area (Å²) in [6.45, 7) is 4.69. The van der Waals surface area contributed by atoms with Crippen LogP contribution in [0.4, 0.5) is 0 Å². The Morgan fingerprint density at radius 3 is 1.94 bits per heavy atom. The molecule has 1 saturated heterocycles. The number of thioether (sulfide) groups is 2. The fourth-order valence-electron chi connectivity index (χ4n) is 7.05. The molecular formula is C29H45NO2S2. The average Bonchev–Trinajstić information content (AvgIpc) is 2.87. The molecule has 1 heterocycles. The molecule has 0 N–H and O–H groups in total. The van der Waals surface area contributed by atoms with Crippen LogP contribution in [-0.4, -0.2) is 23.6 Å². The van der Waals surface area contributed by atoms with Crippen LogP contribution in [-0.2, 0) is 9.53 Å². The second-order valence-electron chi connectivity index (χ2n) is 11.7. The van der Waals surface area contributed by atoms with Gasteiger partial charge in [0.05, 0.1) is 4.24 Å². The Labute approximate surface area is 216 Å². The highest BCUT2D eigenvalue weighted by molar-refractivity contribution is 8.22. The van der Waals surface area contributed by atoms with Gasteiger partial charge in [-0.3, -0.25) is 0 Å². The summed E-state index contributed by atoms with van der Waals surface area (Å²) in [6, 6.07) is 2.20. The van der Waals surface area contributed by atoms with Gasteiger partial charge in [0, 0.05) is 11.5 Å². The number of ether oxygens (including phenoxy) is 1. The smallest absolute Gasteiger partial charge is 0.350 e. The van der Waals surface area contributed by atoms with Crippen LogP contribution < -0.4 is 0 Å². The molecule has 0 atom stereocenters. The van der Waals surface area contributed by atoms with Crippen molar-refractivity contribution in [3.63, 3.8) is 0 Å². The van der Waals surface area contributed by atoms with Crippen molar-refractivity contribution in [3.05, 3.63) is 9.81 Å². The highest BCUT2D eigenvalue weighted by atomic mass is 32.2. The van der Waals surface area contributed by atoms with E-state index in [1.807, 2.05) is 0 Å². The van der Waals surface area contributed by atoms with Crippen molar-refractivity contribution in [3.8, 4) is 6.07 Å².